The van der Waals surface area contributed by atoms with Crippen LogP contribution in [0.2, 0.25) is 5.02 Å². The van der Waals surface area contributed by atoms with E-state index in [-0.39, 0.29) is 5.91 Å². The van der Waals surface area contributed by atoms with Crippen molar-refractivity contribution in [2.45, 2.75) is 32.6 Å². The minimum absolute atomic E-state index is 0.197. The first-order chi connectivity index (χ1) is 8.09. The van der Waals surface area contributed by atoms with Gasteiger partial charge in [-0.1, -0.05) is 18.0 Å². The zero-order valence-electron chi connectivity index (χ0n) is 9.80. The Morgan fingerprint density at radius 2 is 2.06 bits per heavy atom. The summed E-state index contributed by atoms with van der Waals surface area (Å²) >= 11 is 9.65. The number of amides is 1. The molecule has 2 rings (SSSR count). The lowest BCUT2D eigenvalue weighted by atomic mass is 10.2. The van der Waals surface area contributed by atoms with Crippen molar-refractivity contribution >= 4 is 39.1 Å². The average Bonchev–Trinajstić information content (AvgIpc) is 2.49. The first-order valence-electron chi connectivity index (χ1n) is 5.85. The molecule has 0 spiro atoms. The molecule has 1 aliphatic heterocycles. The zero-order chi connectivity index (χ0) is 12.4. The third kappa shape index (κ3) is 2.83. The lowest BCUT2D eigenvalue weighted by Gasteiger charge is -2.22. The normalized spacial score (nSPS) is 17.1. The van der Waals surface area contributed by atoms with Crippen molar-refractivity contribution in [3.05, 3.63) is 27.2 Å². The zero-order valence-corrected chi connectivity index (χ0v) is 12.1. The molecule has 0 N–H and O–H groups in total. The Morgan fingerprint density at radius 3 is 2.82 bits per heavy atom. The van der Waals surface area contributed by atoms with Crippen LogP contribution in [-0.4, -0.2) is 12.5 Å². The van der Waals surface area contributed by atoms with Crippen LogP contribution < -0.4 is 4.90 Å². The molecular weight excluding hydrogens is 302 g/mol. The summed E-state index contributed by atoms with van der Waals surface area (Å²) in [6.07, 6.45) is 3.81. The molecule has 1 aromatic carbocycles. The van der Waals surface area contributed by atoms with E-state index < -0.39 is 0 Å². The van der Waals surface area contributed by atoms with Gasteiger partial charge in [-0.25, -0.2) is 0 Å². The van der Waals surface area contributed by atoms with E-state index in [0.29, 0.717) is 11.4 Å². The molecule has 0 saturated carbocycles. The predicted octanol–water partition coefficient (Wildman–Crippen LogP) is 4.32. The predicted molar refractivity (Wildman–Crippen MR) is 74.7 cm³/mol. The molecule has 0 aromatic heterocycles. The summed E-state index contributed by atoms with van der Waals surface area (Å²) in [5.41, 5.74) is 1.91. The minimum Gasteiger partial charge on any atom is -0.311 e. The van der Waals surface area contributed by atoms with Crippen molar-refractivity contribution in [2.24, 2.45) is 0 Å². The van der Waals surface area contributed by atoms with Gasteiger partial charge in [-0.15, -0.1) is 0 Å². The fraction of sp³-hybridized carbons (Fsp3) is 0.462. The van der Waals surface area contributed by atoms with E-state index in [1.54, 1.807) is 0 Å². The monoisotopic (exact) mass is 315 g/mol. The Morgan fingerprint density at radius 1 is 1.29 bits per heavy atom. The number of benzene rings is 1. The standard InChI is InChI=1S/C13H15BrClNO/c1-9-7-10(14)12(8-11(9)15)16-6-4-2-3-5-13(16)17/h7-8H,2-6H2,1H3. The van der Waals surface area contributed by atoms with Gasteiger partial charge in [-0.05, 0) is 53.4 Å². The molecule has 1 saturated heterocycles. The summed E-state index contributed by atoms with van der Waals surface area (Å²) < 4.78 is 0.939. The molecule has 1 fully saturated rings. The van der Waals surface area contributed by atoms with Gasteiger partial charge in [-0.3, -0.25) is 4.79 Å². The van der Waals surface area contributed by atoms with Crippen LogP contribution >= 0.6 is 27.5 Å². The van der Waals surface area contributed by atoms with E-state index in [1.807, 2.05) is 24.0 Å². The summed E-state index contributed by atoms with van der Waals surface area (Å²) in [5, 5.41) is 0.709. The van der Waals surface area contributed by atoms with E-state index in [4.69, 9.17) is 11.6 Å². The maximum absolute atomic E-state index is 12.0. The van der Waals surface area contributed by atoms with E-state index in [2.05, 4.69) is 15.9 Å². The molecule has 0 unspecified atom stereocenters. The summed E-state index contributed by atoms with van der Waals surface area (Å²) in [6, 6.07) is 3.85. The van der Waals surface area contributed by atoms with Gasteiger partial charge in [0.15, 0.2) is 0 Å². The first kappa shape index (κ1) is 12.9. The summed E-state index contributed by atoms with van der Waals surface area (Å²) in [4.78, 5) is 13.9. The maximum Gasteiger partial charge on any atom is 0.227 e. The van der Waals surface area contributed by atoms with Gasteiger partial charge in [0.1, 0.15) is 0 Å². The van der Waals surface area contributed by atoms with Crippen LogP contribution in [0, 0.1) is 6.92 Å². The van der Waals surface area contributed by atoms with Crippen LogP contribution in [0.15, 0.2) is 16.6 Å². The number of carbonyl (C=O) groups excluding carboxylic acids is 1. The van der Waals surface area contributed by atoms with Gasteiger partial charge in [-0.2, -0.15) is 0 Å². The molecule has 2 nitrogen and oxygen atoms in total. The third-order valence-corrected chi connectivity index (χ3v) is 4.13. The molecule has 0 atom stereocenters. The van der Waals surface area contributed by atoms with Crippen molar-refractivity contribution < 1.29 is 4.79 Å². The Labute approximate surface area is 115 Å². The van der Waals surface area contributed by atoms with Crippen molar-refractivity contribution in [3.63, 3.8) is 0 Å². The highest BCUT2D eigenvalue weighted by Gasteiger charge is 2.20. The van der Waals surface area contributed by atoms with Crippen molar-refractivity contribution in [1.82, 2.24) is 0 Å². The van der Waals surface area contributed by atoms with Gasteiger partial charge in [0.25, 0.3) is 0 Å². The average molecular weight is 317 g/mol. The molecule has 1 heterocycles. The Bertz CT molecular complexity index is 447. The largest absolute Gasteiger partial charge is 0.311 e. The second-order valence-electron chi connectivity index (χ2n) is 4.41. The topological polar surface area (TPSA) is 20.3 Å². The van der Waals surface area contributed by atoms with Crippen LogP contribution in [0.1, 0.15) is 31.2 Å². The van der Waals surface area contributed by atoms with Gasteiger partial charge in [0.05, 0.1) is 5.69 Å². The van der Waals surface area contributed by atoms with Crippen molar-refractivity contribution in [2.75, 3.05) is 11.4 Å². The number of nitrogens with zero attached hydrogens (tertiary/aromatic N) is 1. The molecule has 0 bridgehead atoms. The number of halogens is 2. The quantitative estimate of drug-likeness (QED) is 0.755. The molecule has 4 heteroatoms. The number of hydrogen-bond donors (Lipinski definition) is 0. The molecule has 17 heavy (non-hydrogen) atoms. The Hall–Kier alpha value is -0.540. The van der Waals surface area contributed by atoms with Crippen LogP contribution in [0.3, 0.4) is 0 Å². The summed E-state index contributed by atoms with van der Waals surface area (Å²) in [6.45, 7) is 2.75. The summed E-state index contributed by atoms with van der Waals surface area (Å²) in [7, 11) is 0. The van der Waals surface area contributed by atoms with E-state index >= 15 is 0 Å². The van der Waals surface area contributed by atoms with Gasteiger partial charge in [0.2, 0.25) is 5.91 Å². The van der Waals surface area contributed by atoms with Gasteiger partial charge >= 0.3 is 0 Å². The maximum atomic E-state index is 12.0. The number of aryl methyl sites for hydroxylation is 1. The smallest absolute Gasteiger partial charge is 0.227 e. The lowest BCUT2D eigenvalue weighted by Crippen LogP contribution is -2.30. The number of rotatable bonds is 1. The van der Waals surface area contributed by atoms with Crippen molar-refractivity contribution in [3.8, 4) is 0 Å². The molecule has 0 radical (unpaired) electrons. The molecule has 1 amide bonds. The Kier molecular flexibility index (Phi) is 4.10. The third-order valence-electron chi connectivity index (χ3n) is 3.09. The Balaban J connectivity index is 2.37. The number of anilines is 1. The molecular formula is C13H15BrClNO. The molecule has 1 aliphatic rings. The van der Waals surface area contributed by atoms with Crippen LogP contribution in [0.5, 0.6) is 0 Å². The van der Waals surface area contributed by atoms with Crippen LogP contribution in [0.4, 0.5) is 5.69 Å². The van der Waals surface area contributed by atoms with E-state index in [0.717, 1.165) is 41.5 Å². The lowest BCUT2D eigenvalue weighted by molar-refractivity contribution is -0.118. The second kappa shape index (κ2) is 5.40. The highest BCUT2D eigenvalue weighted by atomic mass is 79.9. The van der Waals surface area contributed by atoms with E-state index in [1.165, 1.54) is 0 Å². The SMILES string of the molecule is Cc1cc(Br)c(N2CCCCCC2=O)cc1Cl. The minimum atomic E-state index is 0.197. The second-order valence-corrected chi connectivity index (χ2v) is 5.67. The fourth-order valence-electron chi connectivity index (χ4n) is 2.08. The highest BCUT2D eigenvalue weighted by molar-refractivity contribution is 9.10. The first-order valence-corrected chi connectivity index (χ1v) is 7.02. The summed E-state index contributed by atoms with van der Waals surface area (Å²) in [5.74, 6) is 0.197. The number of carbonyl (C=O) groups is 1. The molecule has 92 valence electrons. The van der Waals surface area contributed by atoms with Crippen LogP contribution in [0.25, 0.3) is 0 Å². The van der Waals surface area contributed by atoms with Gasteiger partial charge in [0, 0.05) is 22.5 Å². The van der Waals surface area contributed by atoms with Gasteiger partial charge < -0.3 is 4.90 Å². The van der Waals surface area contributed by atoms with Crippen molar-refractivity contribution in [1.29, 1.82) is 0 Å². The molecule has 1 aromatic rings. The molecule has 0 aliphatic carbocycles. The fourth-order valence-corrected chi connectivity index (χ4v) is 2.91. The highest BCUT2D eigenvalue weighted by Crippen LogP contribution is 2.33. The number of hydrogen-bond acceptors (Lipinski definition) is 1. The van der Waals surface area contributed by atoms with Crippen LogP contribution in [-0.2, 0) is 4.79 Å². The van der Waals surface area contributed by atoms with E-state index in [9.17, 15) is 4.79 Å².